The maximum absolute atomic E-state index is 13.1. The van der Waals surface area contributed by atoms with Crippen LogP contribution in [0.15, 0.2) is 134 Å². The predicted octanol–water partition coefficient (Wildman–Crippen LogP) is 22.9. The van der Waals surface area contributed by atoms with Crippen molar-refractivity contribution < 1.29 is 80.2 Å². The third-order valence-electron chi connectivity index (χ3n) is 16.1. The monoisotopic (exact) mass is 1470 g/mol. The third kappa shape index (κ3) is 73.5. The van der Waals surface area contributed by atoms with Gasteiger partial charge in [0, 0.05) is 25.7 Å². The Bertz CT molecular complexity index is 2460. The molecular formula is C83H140O17P2. The lowest BCUT2D eigenvalue weighted by atomic mass is 10.0. The third-order valence-corrected chi connectivity index (χ3v) is 18.0. The fourth-order valence-electron chi connectivity index (χ4n) is 10.2. The van der Waals surface area contributed by atoms with E-state index in [4.69, 9.17) is 37.0 Å². The molecule has 0 bridgehead atoms. The Labute approximate surface area is 618 Å². The van der Waals surface area contributed by atoms with E-state index in [1.54, 1.807) is 0 Å². The van der Waals surface area contributed by atoms with Gasteiger partial charge < -0.3 is 33.8 Å². The molecule has 0 saturated heterocycles. The highest BCUT2D eigenvalue weighted by molar-refractivity contribution is 7.47. The summed E-state index contributed by atoms with van der Waals surface area (Å²) in [4.78, 5) is 72.9. The van der Waals surface area contributed by atoms with Gasteiger partial charge in [-0.2, -0.15) is 0 Å². The van der Waals surface area contributed by atoms with E-state index >= 15 is 0 Å². The zero-order chi connectivity index (χ0) is 74.6. The Kier molecular flexibility index (Phi) is 71.0. The number of esters is 4. The van der Waals surface area contributed by atoms with Crippen molar-refractivity contribution in [1.29, 1.82) is 0 Å². The van der Waals surface area contributed by atoms with Gasteiger partial charge in [0.15, 0.2) is 12.2 Å². The van der Waals surface area contributed by atoms with E-state index in [-0.39, 0.29) is 25.7 Å². The van der Waals surface area contributed by atoms with E-state index in [9.17, 15) is 43.2 Å². The van der Waals surface area contributed by atoms with E-state index < -0.39 is 97.5 Å². The summed E-state index contributed by atoms with van der Waals surface area (Å²) in [5, 5.41) is 10.6. The van der Waals surface area contributed by atoms with Gasteiger partial charge in [-0.25, -0.2) is 9.13 Å². The Morgan fingerprint density at radius 2 is 0.539 bits per heavy atom. The smallest absolute Gasteiger partial charge is 0.462 e. The van der Waals surface area contributed by atoms with Crippen LogP contribution in [0.25, 0.3) is 0 Å². The van der Waals surface area contributed by atoms with Crippen molar-refractivity contribution in [3.8, 4) is 0 Å². The number of ether oxygens (including phenoxy) is 4. The number of allylic oxidation sites excluding steroid dienone is 22. The molecule has 0 aliphatic rings. The maximum atomic E-state index is 13.1. The Morgan fingerprint density at radius 3 is 0.882 bits per heavy atom. The molecule has 0 aromatic carbocycles. The summed E-state index contributed by atoms with van der Waals surface area (Å²) in [7, 11) is -9.98. The first-order chi connectivity index (χ1) is 49.7. The number of hydrogen-bond acceptors (Lipinski definition) is 15. The lowest BCUT2D eigenvalue weighted by Crippen LogP contribution is -2.30. The molecule has 102 heavy (non-hydrogen) atoms. The number of phosphoric acid groups is 2. The number of unbranched alkanes of at least 4 members (excludes halogenated alkanes) is 25. The van der Waals surface area contributed by atoms with Crippen LogP contribution in [0.5, 0.6) is 0 Å². The zero-order valence-corrected chi connectivity index (χ0v) is 65.5. The number of phosphoric ester groups is 2. The Hall–Kier alpha value is -4.80. The number of hydrogen-bond donors (Lipinski definition) is 3. The maximum Gasteiger partial charge on any atom is 0.472 e. The van der Waals surface area contributed by atoms with Crippen molar-refractivity contribution in [2.45, 2.75) is 329 Å². The second-order valence-electron chi connectivity index (χ2n) is 25.9. The first-order valence-corrected chi connectivity index (χ1v) is 42.4. The SMILES string of the molecule is CC/C=C\C/C=C\C/C=C\C/C=C\C/C=C\C/C=C\CCC(=O)OCC(COP(=O)(O)OCC(O)COP(=O)(O)OCC(COC(=O)CCCCCCCC/C=C\C/C=C\C/C=C\C/C=C\CC)OC(=O)CCCCCCCCCCCCCCC)OC(=O)CCCCCCC/C=C\CCCC. The van der Waals surface area contributed by atoms with Gasteiger partial charge in [-0.15, -0.1) is 0 Å². The lowest BCUT2D eigenvalue weighted by Gasteiger charge is -2.21. The molecule has 0 aromatic heterocycles. The average Bonchev–Trinajstić information content (AvgIpc) is 0.928. The number of aliphatic hydroxyl groups is 1. The summed E-state index contributed by atoms with van der Waals surface area (Å²) in [5.41, 5.74) is 0. The van der Waals surface area contributed by atoms with Gasteiger partial charge in [0.05, 0.1) is 26.4 Å². The van der Waals surface area contributed by atoms with Crippen LogP contribution in [0.3, 0.4) is 0 Å². The number of carbonyl (C=O) groups excluding carboxylic acids is 4. The molecule has 0 heterocycles. The fraction of sp³-hybridized carbons (Fsp3) is 0.687. The fourth-order valence-corrected chi connectivity index (χ4v) is 11.7. The molecule has 5 unspecified atom stereocenters. The minimum atomic E-state index is -4.99. The molecule has 584 valence electrons. The van der Waals surface area contributed by atoms with Crippen LogP contribution in [0.2, 0.25) is 0 Å². The Balaban J connectivity index is 5.37. The van der Waals surface area contributed by atoms with E-state index in [0.29, 0.717) is 32.1 Å². The van der Waals surface area contributed by atoms with E-state index in [1.165, 1.54) is 64.2 Å². The van der Waals surface area contributed by atoms with Gasteiger partial charge >= 0.3 is 39.5 Å². The summed E-state index contributed by atoms with van der Waals surface area (Å²) >= 11 is 0. The first kappa shape index (κ1) is 97.2. The van der Waals surface area contributed by atoms with Gasteiger partial charge in [-0.3, -0.25) is 37.3 Å². The highest BCUT2D eigenvalue weighted by Gasteiger charge is 2.30. The molecule has 5 atom stereocenters. The minimum absolute atomic E-state index is 0.0325. The highest BCUT2D eigenvalue weighted by Crippen LogP contribution is 2.45. The minimum Gasteiger partial charge on any atom is -0.462 e. The van der Waals surface area contributed by atoms with Crippen LogP contribution in [0.4, 0.5) is 0 Å². The second kappa shape index (κ2) is 74.5. The molecule has 0 amide bonds. The summed E-state index contributed by atoms with van der Waals surface area (Å²) in [6.45, 7) is 4.51. The van der Waals surface area contributed by atoms with Gasteiger partial charge in [0.1, 0.15) is 19.3 Å². The predicted molar refractivity (Wildman–Crippen MR) is 418 cm³/mol. The van der Waals surface area contributed by atoms with Crippen molar-refractivity contribution in [2.24, 2.45) is 0 Å². The summed E-state index contributed by atoms with van der Waals surface area (Å²) in [6, 6.07) is 0. The van der Waals surface area contributed by atoms with E-state index in [2.05, 4.69) is 143 Å². The van der Waals surface area contributed by atoms with Crippen molar-refractivity contribution in [3.05, 3.63) is 134 Å². The molecule has 19 heteroatoms. The van der Waals surface area contributed by atoms with Crippen molar-refractivity contribution in [2.75, 3.05) is 39.6 Å². The number of aliphatic hydroxyl groups excluding tert-OH is 1. The van der Waals surface area contributed by atoms with Gasteiger partial charge in [0.2, 0.25) is 0 Å². The largest absolute Gasteiger partial charge is 0.472 e. The zero-order valence-electron chi connectivity index (χ0n) is 63.7. The molecule has 0 spiro atoms. The molecule has 17 nitrogen and oxygen atoms in total. The Morgan fingerprint density at radius 1 is 0.284 bits per heavy atom. The molecule has 0 aliphatic heterocycles. The van der Waals surface area contributed by atoms with Gasteiger partial charge in [-0.05, 0) is 122 Å². The standard InChI is InChI=1S/C83H140O17P2/c1-5-9-13-17-21-25-29-32-34-36-38-40-42-45-48-51-55-59-63-67-80(85)93-73-78(99-82(87)69-65-61-57-53-47-28-24-20-16-12-8-4)75-97-101(89,90)95-71-77(84)72-96-102(91,92)98-76-79(100-83(88)70-66-62-58-54-50-44-31-27-23-19-15-11-7-3)74-94-81(86)68-64-60-56-52-49-46-43-41-39-37-35-33-30-26-22-18-14-10-6-2/h9-10,13-14,20-22,24-26,32-35,38-41,45,48,55,59,77-79,84H,5-8,11-12,15-19,23,27-31,36-37,42-44,46-47,49-54,56-58,60-76H2,1-4H3,(H,89,90)(H,91,92)/b13-9-,14-10-,24-20-,25-21-,26-22-,34-32-,35-33-,40-38-,41-39-,48-45-,59-55-. The lowest BCUT2D eigenvalue weighted by molar-refractivity contribution is -0.161. The molecule has 0 aliphatic carbocycles. The topological polar surface area (TPSA) is 237 Å². The van der Waals surface area contributed by atoms with Gasteiger partial charge in [-0.1, -0.05) is 296 Å². The molecular weight excluding hydrogens is 1330 g/mol. The van der Waals surface area contributed by atoms with Crippen LogP contribution in [0.1, 0.15) is 310 Å². The summed E-state index contributed by atoms with van der Waals surface area (Å²) in [6.07, 6.45) is 83.1. The van der Waals surface area contributed by atoms with Crippen LogP contribution in [-0.2, 0) is 65.4 Å². The molecule has 0 fully saturated rings. The van der Waals surface area contributed by atoms with Crippen LogP contribution >= 0.6 is 15.6 Å². The van der Waals surface area contributed by atoms with Crippen LogP contribution in [0, 0.1) is 0 Å². The van der Waals surface area contributed by atoms with E-state index in [0.717, 1.165) is 161 Å². The van der Waals surface area contributed by atoms with Crippen LogP contribution < -0.4 is 0 Å². The molecule has 0 radical (unpaired) electrons. The van der Waals surface area contributed by atoms with Gasteiger partial charge in [0.25, 0.3) is 0 Å². The van der Waals surface area contributed by atoms with Crippen LogP contribution in [-0.4, -0.2) is 96.7 Å². The quantitative estimate of drug-likeness (QED) is 0.0169. The molecule has 0 aromatic rings. The highest BCUT2D eigenvalue weighted by atomic mass is 31.2. The van der Waals surface area contributed by atoms with E-state index in [1.807, 2.05) is 18.2 Å². The summed E-state index contributed by atoms with van der Waals surface area (Å²) in [5.74, 6) is -2.29. The van der Waals surface area contributed by atoms with Crippen molar-refractivity contribution >= 4 is 39.5 Å². The average molecular weight is 1470 g/mol. The van der Waals surface area contributed by atoms with Crippen molar-refractivity contribution in [3.63, 3.8) is 0 Å². The molecule has 3 N–H and O–H groups in total. The number of carbonyl (C=O) groups is 4. The molecule has 0 rings (SSSR count). The first-order valence-electron chi connectivity index (χ1n) is 39.4. The normalized spacial score (nSPS) is 14.6. The second-order valence-corrected chi connectivity index (χ2v) is 28.8. The summed E-state index contributed by atoms with van der Waals surface area (Å²) < 4.78 is 68.4. The molecule has 0 saturated carbocycles. The van der Waals surface area contributed by atoms with Crippen molar-refractivity contribution in [1.82, 2.24) is 0 Å². The number of rotatable bonds is 73.